The van der Waals surface area contributed by atoms with Crippen LogP contribution in [0.3, 0.4) is 0 Å². The molecule has 0 unspecified atom stereocenters. The Morgan fingerprint density at radius 1 is 1.14 bits per heavy atom. The summed E-state index contributed by atoms with van der Waals surface area (Å²) in [4.78, 5) is 51.1. The average Bonchev–Trinajstić information content (AvgIpc) is 3.35. The molecule has 5 atom stereocenters. The maximum absolute atomic E-state index is 12.8. The second kappa shape index (κ2) is 7.04. The van der Waals surface area contributed by atoms with E-state index in [1.165, 1.54) is 6.92 Å². The maximum atomic E-state index is 12.8. The third kappa shape index (κ3) is 2.99. The zero-order valence-electron chi connectivity index (χ0n) is 16.0. The third-order valence-electron chi connectivity index (χ3n) is 6.45. The first-order valence-electron chi connectivity index (χ1n) is 9.77. The molecule has 0 radical (unpaired) electrons. The van der Waals surface area contributed by atoms with Crippen LogP contribution in [0, 0.1) is 30.6 Å². The number of imide groups is 1. The largest absolute Gasteiger partial charge is 0.454 e. The van der Waals surface area contributed by atoms with Gasteiger partial charge in [-0.15, -0.1) is 0 Å². The molecular weight excluding hydrogens is 360 g/mol. The lowest BCUT2D eigenvalue weighted by Gasteiger charge is -2.23. The fourth-order valence-corrected chi connectivity index (χ4v) is 5.08. The number of nitrogens with one attached hydrogen (secondary N) is 1. The van der Waals surface area contributed by atoms with Crippen LogP contribution in [0.25, 0.3) is 0 Å². The molecule has 7 nitrogen and oxygen atoms in total. The molecule has 1 aromatic rings. The number of hydrogen-bond donors (Lipinski definition) is 1. The van der Waals surface area contributed by atoms with Crippen molar-refractivity contribution in [3.05, 3.63) is 29.8 Å². The Balaban J connectivity index is 1.35. The molecular formula is C21H24N2O5. The van der Waals surface area contributed by atoms with E-state index >= 15 is 0 Å². The van der Waals surface area contributed by atoms with Crippen molar-refractivity contribution < 1.29 is 23.9 Å². The van der Waals surface area contributed by atoms with Gasteiger partial charge in [0.1, 0.15) is 6.04 Å². The van der Waals surface area contributed by atoms with Gasteiger partial charge in [0.05, 0.1) is 11.8 Å². The molecule has 4 rings (SSSR count). The lowest BCUT2D eigenvalue weighted by atomic mass is 9.81. The van der Waals surface area contributed by atoms with E-state index in [-0.39, 0.29) is 35.5 Å². The van der Waals surface area contributed by atoms with Gasteiger partial charge in [0.2, 0.25) is 11.8 Å². The molecule has 7 heteroatoms. The van der Waals surface area contributed by atoms with Crippen molar-refractivity contribution >= 4 is 29.4 Å². The molecule has 3 aliphatic rings. The molecule has 2 bridgehead atoms. The molecule has 3 fully saturated rings. The summed E-state index contributed by atoms with van der Waals surface area (Å²) >= 11 is 0. The summed E-state index contributed by atoms with van der Waals surface area (Å²) < 4.78 is 5.08. The Morgan fingerprint density at radius 2 is 1.75 bits per heavy atom. The monoisotopic (exact) mass is 384 g/mol. The number of para-hydroxylation sites is 1. The molecule has 0 spiro atoms. The SMILES string of the molecule is Cc1ccccc1NC(=O)COC(=O)[C@@H](C)N1C(=O)[C@H]2[C@@H]3CC[C@@H](C3)[C@@H]2C1=O. The lowest BCUT2D eigenvalue weighted by molar-refractivity contribution is -0.159. The van der Waals surface area contributed by atoms with Crippen LogP contribution in [0.5, 0.6) is 0 Å². The number of amides is 3. The number of nitrogens with zero attached hydrogens (tertiary/aromatic N) is 1. The smallest absolute Gasteiger partial charge is 0.329 e. The second-order valence-corrected chi connectivity index (χ2v) is 8.08. The van der Waals surface area contributed by atoms with Gasteiger partial charge in [-0.05, 0) is 56.6 Å². The standard InChI is InChI=1S/C21H24N2O5/c1-11-5-3-4-6-15(11)22-16(24)10-28-21(27)12(2)23-19(25)17-13-7-8-14(9-13)18(17)20(23)26/h3-6,12-14,17-18H,7-10H2,1-2H3,(H,22,24)/t12-,13-,14+,17+,18+/m1/s1. The van der Waals surface area contributed by atoms with E-state index in [4.69, 9.17) is 4.74 Å². The highest BCUT2D eigenvalue weighted by Gasteiger charge is 2.62. The van der Waals surface area contributed by atoms with Crippen LogP contribution in [0.1, 0.15) is 31.7 Å². The molecule has 1 saturated heterocycles. The van der Waals surface area contributed by atoms with Crippen LogP contribution in [0.15, 0.2) is 24.3 Å². The highest BCUT2D eigenvalue weighted by molar-refractivity contribution is 6.08. The summed E-state index contributed by atoms with van der Waals surface area (Å²) in [5.74, 6) is -1.74. The normalized spacial score (nSPS) is 29.0. The number of esters is 1. The highest BCUT2D eigenvalue weighted by Crippen LogP contribution is 2.56. The van der Waals surface area contributed by atoms with E-state index < -0.39 is 24.5 Å². The van der Waals surface area contributed by atoms with E-state index in [0.29, 0.717) is 5.69 Å². The molecule has 0 aromatic heterocycles. The van der Waals surface area contributed by atoms with E-state index in [0.717, 1.165) is 29.7 Å². The van der Waals surface area contributed by atoms with Gasteiger partial charge in [-0.25, -0.2) is 4.79 Å². The van der Waals surface area contributed by atoms with Crippen LogP contribution >= 0.6 is 0 Å². The second-order valence-electron chi connectivity index (χ2n) is 8.08. The van der Waals surface area contributed by atoms with E-state index in [1.54, 1.807) is 12.1 Å². The predicted octanol–water partition coefficient (Wildman–Crippen LogP) is 1.90. The number of anilines is 1. The molecule has 148 valence electrons. The summed E-state index contributed by atoms with van der Waals surface area (Å²) in [5, 5.41) is 2.68. The van der Waals surface area contributed by atoms with Crippen LogP contribution in [0.4, 0.5) is 5.69 Å². The maximum Gasteiger partial charge on any atom is 0.329 e. The lowest BCUT2D eigenvalue weighted by Crippen LogP contribution is -2.45. The topological polar surface area (TPSA) is 92.8 Å². The van der Waals surface area contributed by atoms with Gasteiger partial charge in [-0.1, -0.05) is 18.2 Å². The Kier molecular flexibility index (Phi) is 4.69. The van der Waals surface area contributed by atoms with Crippen molar-refractivity contribution in [1.29, 1.82) is 0 Å². The van der Waals surface area contributed by atoms with Crippen LogP contribution < -0.4 is 5.32 Å². The number of aryl methyl sites for hydroxylation is 1. The van der Waals surface area contributed by atoms with Crippen LogP contribution in [0.2, 0.25) is 0 Å². The molecule has 28 heavy (non-hydrogen) atoms. The van der Waals surface area contributed by atoms with Crippen molar-refractivity contribution in [1.82, 2.24) is 4.90 Å². The number of fused-ring (bicyclic) bond motifs is 5. The van der Waals surface area contributed by atoms with Crippen molar-refractivity contribution in [2.75, 3.05) is 11.9 Å². The number of likely N-dealkylation sites (tertiary alicyclic amines) is 1. The molecule has 2 aliphatic carbocycles. The number of ether oxygens (including phenoxy) is 1. The number of rotatable bonds is 5. The Morgan fingerprint density at radius 3 is 2.36 bits per heavy atom. The molecule has 1 aliphatic heterocycles. The molecule has 2 saturated carbocycles. The molecule has 3 amide bonds. The molecule has 1 aromatic carbocycles. The summed E-state index contributed by atoms with van der Waals surface area (Å²) in [5.41, 5.74) is 1.54. The minimum absolute atomic E-state index is 0.254. The van der Waals surface area contributed by atoms with Crippen molar-refractivity contribution in [2.24, 2.45) is 23.7 Å². The number of carbonyl (C=O) groups is 4. The first-order chi connectivity index (χ1) is 13.4. The number of hydrogen-bond acceptors (Lipinski definition) is 5. The first kappa shape index (κ1) is 18.7. The predicted molar refractivity (Wildman–Crippen MR) is 99.9 cm³/mol. The van der Waals surface area contributed by atoms with Gasteiger partial charge in [0.25, 0.3) is 5.91 Å². The zero-order valence-corrected chi connectivity index (χ0v) is 16.0. The van der Waals surface area contributed by atoms with E-state index in [1.807, 2.05) is 19.1 Å². The molecule has 1 heterocycles. The van der Waals surface area contributed by atoms with Crippen molar-refractivity contribution in [3.63, 3.8) is 0 Å². The Labute approximate surface area is 163 Å². The average molecular weight is 384 g/mol. The fraction of sp³-hybridized carbons (Fsp3) is 0.524. The minimum atomic E-state index is -1.02. The Bertz CT molecular complexity index is 823. The third-order valence-corrected chi connectivity index (χ3v) is 6.45. The Hall–Kier alpha value is -2.70. The summed E-state index contributed by atoms with van der Waals surface area (Å²) in [6.07, 6.45) is 2.91. The highest BCUT2D eigenvalue weighted by atomic mass is 16.5. The van der Waals surface area contributed by atoms with Crippen molar-refractivity contribution in [3.8, 4) is 0 Å². The van der Waals surface area contributed by atoms with Gasteiger partial charge in [0.15, 0.2) is 6.61 Å². The van der Waals surface area contributed by atoms with Gasteiger partial charge < -0.3 is 10.1 Å². The van der Waals surface area contributed by atoms with Gasteiger partial charge in [-0.2, -0.15) is 0 Å². The zero-order chi connectivity index (χ0) is 20.0. The summed E-state index contributed by atoms with van der Waals surface area (Å²) in [6, 6.07) is 6.25. The summed E-state index contributed by atoms with van der Waals surface area (Å²) in [6.45, 7) is 2.88. The minimum Gasteiger partial charge on any atom is -0.454 e. The number of benzene rings is 1. The fourth-order valence-electron chi connectivity index (χ4n) is 5.08. The van der Waals surface area contributed by atoms with Crippen LogP contribution in [-0.4, -0.2) is 41.2 Å². The number of carbonyl (C=O) groups excluding carboxylic acids is 4. The van der Waals surface area contributed by atoms with E-state index in [2.05, 4.69) is 5.32 Å². The van der Waals surface area contributed by atoms with Gasteiger partial charge in [0, 0.05) is 5.69 Å². The van der Waals surface area contributed by atoms with Crippen LogP contribution in [-0.2, 0) is 23.9 Å². The molecule has 1 N–H and O–H groups in total. The van der Waals surface area contributed by atoms with Crippen molar-refractivity contribution in [2.45, 2.75) is 39.2 Å². The van der Waals surface area contributed by atoms with E-state index in [9.17, 15) is 19.2 Å². The first-order valence-corrected chi connectivity index (χ1v) is 9.77. The quantitative estimate of drug-likeness (QED) is 0.618. The van der Waals surface area contributed by atoms with Gasteiger partial charge in [-0.3, -0.25) is 19.3 Å². The summed E-state index contributed by atoms with van der Waals surface area (Å²) in [7, 11) is 0. The van der Waals surface area contributed by atoms with Gasteiger partial charge >= 0.3 is 5.97 Å².